The molecule has 1 aliphatic rings. The van der Waals surface area contributed by atoms with Gasteiger partial charge < -0.3 is 15.4 Å². The summed E-state index contributed by atoms with van der Waals surface area (Å²) in [5.41, 5.74) is 2.05. The van der Waals surface area contributed by atoms with Crippen LogP contribution in [0.3, 0.4) is 0 Å². The summed E-state index contributed by atoms with van der Waals surface area (Å²) in [6, 6.07) is 7.03. The van der Waals surface area contributed by atoms with E-state index in [1.165, 1.54) is 19.3 Å². The molecule has 0 saturated carbocycles. The van der Waals surface area contributed by atoms with Gasteiger partial charge in [-0.3, -0.25) is 4.79 Å². The lowest BCUT2D eigenvalue weighted by atomic mass is 9.99. The molecule has 8 nitrogen and oxygen atoms in total. The number of aryl methyl sites for hydroxylation is 1. The second kappa shape index (κ2) is 10.0. The van der Waals surface area contributed by atoms with E-state index in [4.69, 9.17) is 4.74 Å². The van der Waals surface area contributed by atoms with Crippen molar-refractivity contribution in [3.8, 4) is 5.75 Å². The Labute approximate surface area is 217 Å². The van der Waals surface area contributed by atoms with Gasteiger partial charge in [-0.2, -0.15) is 17.5 Å². The summed E-state index contributed by atoms with van der Waals surface area (Å²) in [5.74, 6) is -0.387. The van der Waals surface area contributed by atoms with Gasteiger partial charge in [-0.1, -0.05) is 13.8 Å². The average molecular weight is 554 g/mol. The van der Waals surface area contributed by atoms with Gasteiger partial charge in [0.05, 0.1) is 26.6 Å². The van der Waals surface area contributed by atoms with Gasteiger partial charge in [0, 0.05) is 23.0 Å². The average Bonchev–Trinajstić information content (AvgIpc) is 2.77. The van der Waals surface area contributed by atoms with Crippen LogP contribution in [0.4, 0.5) is 34.8 Å². The molecule has 1 fully saturated rings. The first-order valence-corrected chi connectivity index (χ1v) is 13.5. The van der Waals surface area contributed by atoms with E-state index in [9.17, 15) is 26.6 Å². The summed E-state index contributed by atoms with van der Waals surface area (Å²) in [5, 5.41) is 5.41. The summed E-state index contributed by atoms with van der Waals surface area (Å²) >= 11 is 0. The number of hydrogen-bond donors (Lipinski definition) is 2. The fourth-order valence-corrected chi connectivity index (χ4v) is 7.33. The lowest BCUT2D eigenvalue weighted by Crippen LogP contribution is -2.43. The lowest BCUT2D eigenvalue weighted by Gasteiger charge is -2.37. The van der Waals surface area contributed by atoms with Crippen LogP contribution in [-0.4, -0.2) is 50.4 Å². The highest BCUT2D eigenvalue weighted by atomic mass is 32.2. The molecule has 2 heterocycles. The highest BCUT2D eigenvalue weighted by Crippen LogP contribution is 2.37. The Hall–Kier alpha value is -3.48. The van der Waals surface area contributed by atoms with Gasteiger partial charge in [-0.25, -0.2) is 18.6 Å². The molecule has 2 N–H and O–H groups in total. The van der Waals surface area contributed by atoms with Crippen LogP contribution in [0.25, 0.3) is 10.9 Å². The number of carbonyl (C=O) groups excluding carboxylic acids is 1. The molecule has 1 aliphatic heterocycles. The fourth-order valence-electron chi connectivity index (χ4n) is 4.36. The standard InChI is InChI=1S/C25H27F4N5O3S/c1-14-7-17(34-38(36)11-24(3,4)12-38)9-19-21(14)22(32-13-31-19)33-18-6-5-16(26)8-20(18)37-15(2)23(35)30-10-25(27,28)29/h5-9,13,15H,10-12H2,1-4H3,(H,30,35)(H,31,32,33)/t15-/m1/s1. The summed E-state index contributed by atoms with van der Waals surface area (Å²) in [7, 11) is -2.32. The molecule has 0 spiro atoms. The number of benzene rings is 2. The first-order chi connectivity index (χ1) is 17.6. The molecule has 38 heavy (non-hydrogen) atoms. The Balaban J connectivity index is 1.61. The minimum atomic E-state index is -4.58. The second-order valence-electron chi connectivity index (χ2n) is 10.1. The fraction of sp³-hybridized carbons (Fsp3) is 0.400. The SMILES string of the molecule is Cc1cc(N=S2(=O)CC(C)(C)C2)cc2ncnc(Nc3ccc(F)cc3O[C@H](C)C(=O)NCC(F)(F)F)c12. The van der Waals surface area contributed by atoms with Crippen molar-refractivity contribution in [1.82, 2.24) is 15.3 Å². The molecule has 2 aromatic carbocycles. The molecule has 1 amide bonds. The third-order valence-electron chi connectivity index (χ3n) is 5.76. The van der Waals surface area contributed by atoms with Crippen molar-refractivity contribution in [3.05, 3.63) is 48.0 Å². The highest BCUT2D eigenvalue weighted by molar-refractivity contribution is 7.95. The predicted octanol–water partition coefficient (Wildman–Crippen LogP) is 5.41. The largest absolute Gasteiger partial charge is 0.479 e. The molecule has 0 bridgehead atoms. The normalized spacial score (nSPS) is 16.8. The van der Waals surface area contributed by atoms with E-state index in [1.807, 2.05) is 20.8 Å². The van der Waals surface area contributed by atoms with Crippen LogP contribution in [0.1, 0.15) is 26.3 Å². The molecule has 1 aromatic heterocycles. The topological polar surface area (TPSA) is 106 Å². The van der Waals surface area contributed by atoms with Gasteiger partial charge in [0.25, 0.3) is 5.91 Å². The molecule has 0 unspecified atom stereocenters. The first kappa shape index (κ1) is 27.6. The maximum atomic E-state index is 14.0. The number of aromatic nitrogens is 2. The van der Waals surface area contributed by atoms with Crippen molar-refractivity contribution in [2.24, 2.45) is 9.78 Å². The molecule has 3 aromatic rings. The molecule has 0 radical (unpaired) electrons. The van der Waals surface area contributed by atoms with Crippen molar-refractivity contribution in [2.75, 3.05) is 23.4 Å². The number of nitrogens with one attached hydrogen (secondary N) is 2. The number of amides is 1. The van der Waals surface area contributed by atoms with Gasteiger partial charge in [-0.05, 0) is 49.1 Å². The third kappa shape index (κ3) is 6.50. The lowest BCUT2D eigenvalue weighted by molar-refractivity contribution is -0.142. The van der Waals surface area contributed by atoms with E-state index in [0.717, 1.165) is 17.7 Å². The Morgan fingerprint density at radius 3 is 2.58 bits per heavy atom. The predicted molar refractivity (Wildman–Crippen MR) is 137 cm³/mol. The summed E-state index contributed by atoms with van der Waals surface area (Å²) < 4.78 is 74.2. The second-order valence-corrected chi connectivity index (χ2v) is 12.4. The Morgan fingerprint density at radius 2 is 1.92 bits per heavy atom. The summed E-state index contributed by atoms with van der Waals surface area (Å²) in [6.07, 6.45) is -4.60. The highest BCUT2D eigenvalue weighted by Gasteiger charge is 2.38. The van der Waals surface area contributed by atoms with Crippen molar-refractivity contribution in [2.45, 2.75) is 40.0 Å². The van der Waals surface area contributed by atoms with Crippen LogP contribution >= 0.6 is 0 Å². The zero-order valence-electron chi connectivity index (χ0n) is 21.1. The Bertz CT molecular complexity index is 1500. The summed E-state index contributed by atoms with van der Waals surface area (Å²) in [6.45, 7) is 5.66. The van der Waals surface area contributed by atoms with E-state index < -0.39 is 40.3 Å². The van der Waals surface area contributed by atoms with Crippen molar-refractivity contribution < 1.29 is 31.3 Å². The smallest absolute Gasteiger partial charge is 0.405 e. The molecule has 1 saturated heterocycles. The van der Waals surface area contributed by atoms with Crippen LogP contribution in [0.2, 0.25) is 0 Å². The number of carbonyl (C=O) groups is 1. The van der Waals surface area contributed by atoms with Crippen LogP contribution in [-0.2, 0) is 14.5 Å². The molecule has 0 aliphatic carbocycles. The van der Waals surface area contributed by atoms with Crippen molar-refractivity contribution >= 4 is 43.7 Å². The van der Waals surface area contributed by atoms with E-state index in [-0.39, 0.29) is 16.9 Å². The number of halogens is 4. The van der Waals surface area contributed by atoms with Crippen LogP contribution in [0.5, 0.6) is 5.75 Å². The van der Waals surface area contributed by atoms with Gasteiger partial charge in [0.2, 0.25) is 0 Å². The molecular weight excluding hydrogens is 526 g/mol. The molecule has 1 atom stereocenters. The van der Waals surface area contributed by atoms with Crippen LogP contribution in [0.15, 0.2) is 41.0 Å². The maximum Gasteiger partial charge on any atom is 0.405 e. The molecule has 4 rings (SSSR count). The monoisotopic (exact) mass is 553 g/mol. The van der Waals surface area contributed by atoms with E-state index in [2.05, 4.69) is 19.6 Å². The van der Waals surface area contributed by atoms with Gasteiger partial charge >= 0.3 is 6.18 Å². The van der Waals surface area contributed by atoms with Gasteiger partial charge in [0.1, 0.15) is 30.3 Å². The van der Waals surface area contributed by atoms with Gasteiger partial charge in [-0.15, -0.1) is 0 Å². The number of ether oxygens (including phenoxy) is 1. The number of hydrogen-bond acceptors (Lipinski definition) is 7. The third-order valence-corrected chi connectivity index (χ3v) is 8.77. The van der Waals surface area contributed by atoms with Crippen LogP contribution in [0, 0.1) is 18.2 Å². The van der Waals surface area contributed by atoms with Crippen molar-refractivity contribution in [1.29, 1.82) is 0 Å². The van der Waals surface area contributed by atoms with Crippen LogP contribution < -0.4 is 15.4 Å². The number of fused-ring (bicyclic) bond motifs is 1. The molecule has 204 valence electrons. The minimum absolute atomic E-state index is 0.00280. The minimum Gasteiger partial charge on any atom is -0.479 e. The Kier molecular flexibility index (Phi) is 7.26. The summed E-state index contributed by atoms with van der Waals surface area (Å²) in [4.78, 5) is 20.7. The van der Waals surface area contributed by atoms with Crippen molar-refractivity contribution in [3.63, 3.8) is 0 Å². The van der Waals surface area contributed by atoms with E-state index >= 15 is 0 Å². The zero-order chi connectivity index (χ0) is 27.9. The number of alkyl halides is 3. The maximum absolute atomic E-state index is 14.0. The zero-order valence-corrected chi connectivity index (χ0v) is 22.0. The Morgan fingerprint density at radius 1 is 1.21 bits per heavy atom. The number of nitrogens with zero attached hydrogens (tertiary/aromatic N) is 3. The molecule has 13 heteroatoms. The number of anilines is 2. The van der Waals surface area contributed by atoms with E-state index in [1.54, 1.807) is 17.4 Å². The van der Waals surface area contributed by atoms with Gasteiger partial charge in [0.15, 0.2) is 6.10 Å². The number of rotatable bonds is 7. The van der Waals surface area contributed by atoms with E-state index in [0.29, 0.717) is 33.9 Å². The first-order valence-electron chi connectivity index (χ1n) is 11.7. The molecular formula is C25H27F4N5O3S. The quantitative estimate of drug-likeness (QED) is 0.380.